The Hall–Kier alpha value is -3.38. The molecule has 1 aliphatic rings. The summed E-state index contributed by atoms with van der Waals surface area (Å²) < 4.78 is 83.4. The van der Waals surface area contributed by atoms with Crippen LogP contribution in [0.1, 0.15) is 57.0 Å². The van der Waals surface area contributed by atoms with E-state index in [1.54, 1.807) is 19.9 Å². The van der Waals surface area contributed by atoms with Gasteiger partial charge >= 0.3 is 18.3 Å². The Morgan fingerprint density at radius 3 is 2.29 bits per heavy atom. The quantitative estimate of drug-likeness (QED) is 0.205. The van der Waals surface area contributed by atoms with Crippen LogP contribution >= 0.6 is 0 Å². The highest BCUT2D eigenvalue weighted by Gasteiger charge is 2.39. The Morgan fingerprint density at radius 2 is 1.80 bits per heavy atom. The number of ether oxygens (including phenoxy) is 1. The number of aromatic nitrogens is 1. The molecule has 0 saturated heterocycles. The zero-order valence-corrected chi connectivity index (χ0v) is 19.1. The molecule has 13 heteroatoms. The van der Waals surface area contributed by atoms with Gasteiger partial charge in [-0.2, -0.15) is 26.3 Å². The number of pyridine rings is 1. The van der Waals surface area contributed by atoms with Crippen molar-refractivity contribution in [1.29, 1.82) is 5.41 Å². The highest BCUT2D eigenvalue weighted by Crippen LogP contribution is 2.34. The number of amidine groups is 2. The first-order valence-corrected chi connectivity index (χ1v) is 10.6. The fourth-order valence-corrected chi connectivity index (χ4v) is 3.11. The average Bonchev–Trinajstić information content (AvgIpc) is 2.70. The molecule has 0 amide bonds. The second-order valence-electron chi connectivity index (χ2n) is 7.87. The number of hydrogen-bond acceptors (Lipinski definition) is 5. The summed E-state index contributed by atoms with van der Waals surface area (Å²) in [7, 11) is 0. The molecule has 0 spiro atoms. The highest BCUT2D eigenvalue weighted by molar-refractivity contribution is 6.07. The fourth-order valence-electron chi connectivity index (χ4n) is 3.11. The van der Waals surface area contributed by atoms with Crippen LogP contribution in [0, 0.1) is 5.41 Å². The van der Waals surface area contributed by atoms with Gasteiger partial charge in [0.15, 0.2) is 5.84 Å². The molecule has 0 unspecified atom stereocenters. The summed E-state index contributed by atoms with van der Waals surface area (Å²) in [5, 5.41) is 10.9. The van der Waals surface area contributed by atoms with Crippen LogP contribution < -0.4 is 11.1 Å². The molecular formula is C22H25F6N5O2. The third kappa shape index (κ3) is 7.55. The van der Waals surface area contributed by atoms with Crippen LogP contribution in [0.2, 0.25) is 0 Å². The van der Waals surface area contributed by atoms with Crippen molar-refractivity contribution in [3.8, 4) is 0 Å². The molecule has 2 rings (SSSR count). The van der Waals surface area contributed by atoms with Crippen molar-refractivity contribution in [1.82, 2.24) is 10.3 Å². The second-order valence-corrected chi connectivity index (χ2v) is 7.87. The maximum absolute atomic E-state index is 13.1. The smallest absolute Gasteiger partial charge is 0.433 e. The van der Waals surface area contributed by atoms with Crippen molar-refractivity contribution >= 4 is 17.6 Å². The van der Waals surface area contributed by atoms with Crippen molar-refractivity contribution in [2.45, 2.75) is 64.5 Å². The number of carbonyl (C=O) groups is 1. The Bertz CT molecular complexity index is 1030. The Kier molecular flexibility index (Phi) is 8.69. The summed E-state index contributed by atoms with van der Waals surface area (Å²) >= 11 is 0. The zero-order chi connectivity index (χ0) is 26.6. The summed E-state index contributed by atoms with van der Waals surface area (Å²) in [6, 6.07) is -0.155. The van der Waals surface area contributed by atoms with E-state index in [-0.39, 0.29) is 24.8 Å². The first-order valence-electron chi connectivity index (χ1n) is 10.6. The van der Waals surface area contributed by atoms with E-state index in [4.69, 9.17) is 15.9 Å². The van der Waals surface area contributed by atoms with Crippen LogP contribution in [-0.2, 0) is 21.9 Å². The summed E-state index contributed by atoms with van der Waals surface area (Å²) in [5.74, 6) is -1.61. The number of allylic oxidation sites excluding steroid dienone is 2. The van der Waals surface area contributed by atoms with E-state index in [9.17, 15) is 31.1 Å². The third-order valence-electron chi connectivity index (χ3n) is 4.70. The average molecular weight is 505 g/mol. The Labute approximate surface area is 197 Å². The first kappa shape index (κ1) is 27.9. The number of aliphatic imine (C=N–C) groups is 1. The molecule has 4 N–H and O–H groups in total. The highest BCUT2D eigenvalue weighted by atomic mass is 19.4. The summed E-state index contributed by atoms with van der Waals surface area (Å²) in [6.07, 6.45) is -6.07. The molecule has 2 heterocycles. The predicted octanol–water partition coefficient (Wildman–Crippen LogP) is 4.73. The molecular weight excluding hydrogens is 480 g/mol. The molecule has 1 aromatic rings. The van der Waals surface area contributed by atoms with E-state index in [0.29, 0.717) is 23.4 Å². The molecule has 1 aliphatic heterocycles. The Balaban J connectivity index is 2.33. The maximum Gasteiger partial charge on any atom is 0.433 e. The van der Waals surface area contributed by atoms with Gasteiger partial charge in [0.25, 0.3) is 0 Å². The topological polar surface area (TPSA) is 113 Å². The number of hydrogen-bond donors (Lipinski definition) is 3. The van der Waals surface area contributed by atoms with E-state index in [2.05, 4.69) is 15.3 Å². The van der Waals surface area contributed by atoms with Crippen LogP contribution in [0.3, 0.4) is 0 Å². The molecule has 7 nitrogen and oxygen atoms in total. The van der Waals surface area contributed by atoms with Gasteiger partial charge in [0.05, 0.1) is 6.10 Å². The molecule has 1 atom stereocenters. The second kappa shape index (κ2) is 10.9. The molecule has 0 bridgehead atoms. The number of nitrogens with two attached hydrogens (primary N) is 1. The fraction of sp³-hybridized carbons (Fsp3) is 0.455. The number of alkyl halides is 6. The van der Waals surface area contributed by atoms with Gasteiger partial charge in [0, 0.05) is 17.7 Å². The monoisotopic (exact) mass is 505 g/mol. The molecule has 0 radical (unpaired) electrons. The van der Waals surface area contributed by atoms with Crippen molar-refractivity contribution in [2.75, 3.05) is 0 Å². The molecule has 0 fully saturated rings. The summed E-state index contributed by atoms with van der Waals surface area (Å²) in [4.78, 5) is 18.3. The number of rotatable bonds is 8. The van der Waals surface area contributed by atoms with Gasteiger partial charge in [-0.15, -0.1) is 0 Å². The standard InChI is InChI=1S/C22H25F6N5O2/c1-4-5-6-14-13(7-8-17(34)35-11(2)3)18(31-14)20(30)33-19(29)12-9-15(21(23,24)25)32-16(10-12)22(26,27)28/h5-6,9-11,18,31H,4,7-8H2,1-3H3,(H3,29,30,33)/b6-5-/t18-/m1/s1. The molecule has 0 saturated carbocycles. The van der Waals surface area contributed by atoms with Gasteiger partial charge in [0.2, 0.25) is 0 Å². The van der Waals surface area contributed by atoms with E-state index in [0.717, 1.165) is 6.42 Å². The van der Waals surface area contributed by atoms with E-state index in [1.165, 1.54) is 0 Å². The molecule has 192 valence electrons. The van der Waals surface area contributed by atoms with Gasteiger partial charge in [-0.05, 0) is 50.5 Å². The van der Waals surface area contributed by atoms with Crippen LogP contribution in [-0.4, -0.2) is 34.8 Å². The largest absolute Gasteiger partial charge is 0.463 e. The van der Waals surface area contributed by atoms with Crippen molar-refractivity contribution in [3.05, 3.63) is 52.5 Å². The van der Waals surface area contributed by atoms with Gasteiger partial charge in [-0.3, -0.25) is 10.2 Å². The lowest BCUT2D eigenvalue weighted by Gasteiger charge is -2.34. The number of esters is 1. The molecule has 35 heavy (non-hydrogen) atoms. The molecule has 0 aliphatic carbocycles. The minimum absolute atomic E-state index is 0.0219. The number of carbonyl (C=O) groups excluding carboxylic acids is 1. The third-order valence-corrected chi connectivity index (χ3v) is 4.70. The minimum Gasteiger partial charge on any atom is -0.463 e. The van der Waals surface area contributed by atoms with Crippen LogP contribution in [0.25, 0.3) is 0 Å². The van der Waals surface area contributed by atoms with Crippen molar-refractivity contribution in [2.24, 2.45) is 10.7 Å². The molecule has 1 aromatic heterocycles. The normalized spacial score (nSPS) is 17.0. The Morgan fingerprint density at radius 1 is 1.23 bits per heavy atom. The zero-order valence-electron chi connectivity index (χ0n) is 19.1. The molecule has 0 aromatic carbocycles. The van der Waals surface area contributed by atoms with Gasteiger partial charge < -0.3 is 15.8 Å². The minimum atomic E-state index is -5.16. The van der Waals surface area contributed by atoms with E-state index >= 15 is 0 Å². The van der Waals surface area contributed by atoms with Gasteiger partial charge in [-0.1, -0.05) is 13.0 Å². The lowest BCUT2D eigenvalue weighted by atomic mass is 9.91. The summed E-state index contributed by atoms with van der Waals surface area (Å²) in [6.45, 7) is 5.30. The lowest BCUT2D eigenvalue weighted by Crippen LogP contribution is -2.51. The van der Waals surface area contributed by atoms with E-state index in [1.807, 2.05) is 13.0 Å². The van der Waals surface area contributed by atoms with Crippen LogP contribution in [0.4, 0.5) is 26.3 Å². The van der Waals surface area contributed by atoms with Crippen LogP contribution in [0.15, 0.2) is 40.5 Å². The van der Waals surface area contributed by atoms with Gasteiger partial charge in [-0.25, -0.2) is 9.98 Å². The maximum atomic E-state index is 13.1. The predicted molar refractivity (Wildman–Crippen MR) is 117 cm³/mol. The van der Waals surface area contributed by atoms with Crippen LogP contribution in [0.5, 0.6) is 0 Å². The van der Waals surface area contributed by atoms with Crippen molar-refractivity contribution < 1.29 is 35.9 Å². The van der Waals surface area contributed by atoms with Crippen molar-refractivity contribution in [3.63, 3.8) is 0 Å². The number of nitrogens with zero attached hydrogens (tertiary/aromatic N) is 2. The van der Waals surface area contributed by atoms with Gasteiger partial charge in [0.1, 0.15) is 23.3 Å². The van der Waals surface area contributed by atoms with E-state index < -0.39 is 47.2 Å². The first-order chi connectivity index (χ1) is 16.1. The number of nitrogens with one attached hydrogen (secondary N) is 2. The SMILES string of the molecule is CC/C=C\C1=C(CCC(=O)OC(C)C)[C@H](C(N)=NC(=N)c2cc(C(F)(F)F)nc(C(F)(F)F)c2)N1. The lowest BCUT2D eigenvalue weighted by molar-refractivity contribution is -0.150. The summed E-state index contributed by atoms with van der Waals surface area (Å²) in [5.41, 5.74) is 2.88. The number of halogens is 6.